The maximum absolute atomic E-state index is 11.6. The van der Waals surface area contributed by atoms with Crippen LogP contribution in [-0.2, 0) is 4.79 Å². The molecule has 0 aliphatic carbocycles. The first-order valence-electron chi connectivity index (χ1n) is 5.24. The van der Waals surface area contributed by atoms with Crippen molar-refractivity contribution in [1.82, 2.24) is 4.98 Å². The number of hydrogen-bond acceptors (Lipinski definition) is 2. The van der Waals surface area contributed by atoms with Crippen LogP contribution in [0, 0.1) is 11.8 Å². The van der Waals surface area contributed by atoms with E-state index in [4.69, 9.17) is 0 Å². The maximum Gasteiger partial charge on any atom is 0.300 e. The second-order valence-electron chi connectivity index (χ2n) is 3.41. The van der Waals surface area contributed by atoms with E-state index >= 15 is 0 Å². The van der Waals surface area contributed by atoms with Gasteiger partial charge in [-0.15, -0.1) is 0 Å². The Hall–Kier alpha value is -2.12. The number of amides is 1. The lowest BCUT2D eigenvalue weighted by molar-refractivity contribution is -0.111. The number of aromatic nitrogens is 1. The number of nitrogens with zero attached hydrogens (tertiary/aromatic N) is 1. The van der Waals surface area contributed by atoms with Gasteiger partial charge in [0.25, 0.3) is 0 Å². The predicted molar refractivity (Wildman–Crippen MR) is 73.9 cm³/mol. The second kappa shape index (κ2) is 5.99. The summed E-state index contributed by atoms with van der Waals surface area (Å²) < 4.78 is 0.583. The number of nitrogens with one attached hydrogen (secondary N) is 1. The molecule has 0 atom stereocenters. The molecule has 1 amide bonds. The minimum absolute atomic E-state index is 0.368. The third kappa shape index (κ3) is 3.44. The fraction of sp³-hybridized carbons (Fsp3) is 0. The molecule has 1 heterocycles. The van der Waals surface area contributed by atoms with E-state index in [0.717, 1.165) is 5.56 Å². The van der Waals surface area contributed by atoms with Crippen LogP contribution in [0.3, 0.4) is 0 Å². The quantitative estimate of drug-likeness (QED) is 0.650. The van der Waals surface area contributed by atoms with Crippen molar-refractivity contribution in [2.24, 2.45) is 0 Å². The number of carbonyl (C=O) groups excluding carboxylic acids is 1. The number of benzene rings is 1. The van der Waals surface area contributed by atoms with E-state index in [1.165, 1.54) is 0 Å². The van der Waals surface area contributed by atoms with Crippen LogP contribution >= 0.6 is 15.9 Å². The van der Waals surface area contributed by atoms with E-state index in [-0.39, 0.29) is 5.91 Å². The standard InChI is InChI=1S/C14H9BrN2O/c15-14-12(7-4-10-16-14)17-13(18)9-8-11-5-2-1-3-6-11/h1-7,10H,(H,17,18). The summed E-state index contributed by atoms with van der Waals surface area (Å²) in [5, 5.41) is 2.66. The van der Waals surface area contributed by atoms with Crippen LogP contribution in [0.25, 0.3) is 0 Å². The van der Waals surface area contributed by atoms with Gasteiger partial charge in [-0.3, -0.25) is 4.79 Å². The molecule has 0 saturated carbocycles. The Kier molecular flexibility index (Phi) is 4.11. The van der Waals surface area contributed by atoms with Crippen molar-refractivity contribution in [3.63, 3.8) is 0 Å². The lowest BCUT2D eigenvalue weighted by Gasteiger charge is -2.01. The third-order valence-corrected chi connectivity index (χ3v) is 2.73. The van der Waals surface area contributed by atoms with Crippen molar-refractivity contribution in [3.05, 3.63) is 58.8 Å². The van der Waals surface area contributed by atoms with Crippen molar-refractivity contribution in [1.29, 1.82) is 0 Å². The van der Waals surface area contributed by atoms with E-state index in [2.05, 4.69) is 38.1 Å². The SMILES string of the molecule is O=C(C#Cc1ccccc1)Nc1cccnc1Br. The van der Waals surface area contributed by atoms with Gasteiger partial charge in [0.15, 0.2) is 0 Å². The molecule has 0 bridgehead atoms. The molecule has 0 aliphatic rings. The lowest BCUT2D eigenvalue weighted by Crippen LogP contribution is -2.09. The molecule has 0 aliphatic heterocycles. The molecule has 18 heavy (non-hydrogen) atoms. The summed E-state index contributed by atoms with van der Waals surface area (Å²) in [5.74, 6) is 4.94. The smallest absolute Gasteiger partial charge is 0.300 e. The minimum Gasteiger partial charge on any atom is -0.313 e. The van der Waals surface area contributed by atoms with E-state index in [0.29, 0.717) is 10.3 Å². The average Bonchev–Trinajstić information content (AvgIpc) is 2.40. The van der Waals surface area contributed by atoms with Gasteiger partial charge in [0.2, 0.25) is 0 Å². The fourth-order valence-electron chi connectivity index (χ4n) is 1.28. The van der Waals surface area contributed by atoms with Crippen LogP contribution in [0.1, 0.15) is 5.56 Å². The number of carbonyl (C=O) groups is 1. The van der Waals surface area contributed by atoms with Crippen LogP contribution in [0.2, 0.25) is 0 Å². The van der Waals surface area contributed by atoms with Crippen LogP contribution in [0.15, 0.2) is 53.3 Å². The van der Waals surface area contributed by atoms with Gasteiger partial charge in [0.1, 0.15) is 4.60 Å². The van der Waals surface area contributed by atoms with Crippen molar-refractivity contribution < 1.29 is 4.79 Å². The topological polar surface area (TPSA) is 42.0 Å². The first kappa shape index (κ1) is 12.3. The molecule has 1 aromatic carbocycles. The zero-order chi connectivity index (χ0) is 12.8. The largest absolute Gasteiger partial charge is 0.313 e. The van der Waals surface area contributed by atoms with E-state index in [1.54, 1.807) is 18.3 Å². The summed E-state index contributed by atoms with van der Waals surface area (Å²) in [6.07, 6.45) is 1.63. The van der Waals surface area contributed by atoms with Gasteiger partial charge in [0, 0.05) is 17.7 Å². The monoisotopic (exact) mass is 300 g/mol. The molecule has 1 N–H and O–H groups in total. The summed E-state index contributed by atoms with van der Waals surface area (Å²) in [6.45, 7) is 0. The number of hydrogen-bond donors (Lipinski definition) is 1. The molecule has 0 unspecified atom stereocenters. The first-order valence-corrected chi connectivity index (χ1v) is 6.03. The van der Waals surface area contributed by atoms with Crippen LogP contribution < -0.4 is 5.32 Å². The highest BCUT2D eigenvalue weighted by atomic mass is 79.9. The number of rotatable bonds is 1. The van der Waals surface area contributed by atoms with Gasteiger partial charge in [0.05, 0.1) is 5.69 Å². The number of anilines is 1. The van der Waals surface area contributed by atoms with Crippen LogP contribution in [-0.4, -0.2) is 10.9 Å². The zero-order valence-corrected chi connectivity index (χ0v) is 10.9. The van der Waals surface area contributed by atoms with Crippen molar-refractivity contribution in [3.8, 4) is 11.8 Å². The lowest BCUT2D eigenvalue weighted by atomic mass is 10.2. The Morgan fingerprint density at radius 1 is 1.17 bits per heavy atom. The molecule has 0 fully saturated rings. The number of halogens is 1. The van der Waals surface area contributed by atoms with Gasteiger partial charge in [-0.25, -0.2) is 4.98 Å². The highest BCUT2D eigenvalue weighted by Gasteiger charge is 2.02. The van der Waals surface area contributed by atoms with Gasteiger partial charge in [-0.1, -0.05) is 24.1 Å². The molecular weight excluding hydrogens is 292 g/mol. The highest BCUT2D eigenvalue weighted by Crippen LogP contribution is 2.17. The Labute approximate surface area is 113 Å². The summed E-state index contributed by atoms with van der Waals surface area (Å²) in [5.41, 5.74) is 1.41. The van der Waals surface area contributed by atoms with Gasteiger partial charge in [-0.2, -0.15) is 0 Å². The molecule has 88 valence electrons. The molecule has 4 heteroatoms. The van der Waals surface area contributed by atoms with Gasteiger partial charge < -0.3 is 5.32 Å². The molecule has 3 nitrogen and oxygen atoms in total. The Bertz CT molecular complexity index is 614. The summed E-state index contributed by atoms with van der Waals surface area (Å²) in [4.78, 5) is 15.6. The van der Waals surface area contributed by atoms with E-state index < -0.39 is 0 Å². The normalized spacial score (nSPS) is 9.17. The molecule has 1 aromatic heterocycles. The Morgan fingerprint density at radius 3 is 2.67 bits per heavy atom. The third-order valence-electron chi connectivity index (χ3n) is 2.10. The molecule has 0 saturated heterocycles. The van der Waals surface area contributed by atoms with Gasteiger partial charge in [-0.05, 0) is 40.2 Å². The molecule has 2 aromatic rings. The van der Waals surface area contributed by atoms with Crippen molar-refractivity contribution in [2.45, 2.75) is 0 Å². The van der Waals surface area contributed by atoms with Crippen LogP contribution in [0.4, 0.5) is 5.69 Å². The second-order valence-corrected chi connectivity index (χ2v) is 4.16. The van der Waals surface area contributed by atoms with Crippen molar-refractivity contribution >= 4 is 27.5 Å². The summed E-state index contributed by atoms with van der Waals surface area (Å²) in [6, 6.07) is 12.8. The Morgan fingerprint density at radius 2 is 1.94 bits per heavy atom. The predicted octanol–water partition coefficient (Wildman–Crippen LogP) is 2.83. The molecule has 0 radical (unpaired) electrons. The number of pyridine rings is 1. The molecule has 0 spiro atoms. The molecular formula is C14H9BrN2O. The highest BCUT2D eigenvalue weighted by molar-refractivity contribution is 9.10. The van der Waals surface area contributed by atoms with E-state index in [9.17, 15) is 4.79 Å². The van der Waals surface area contributed by atoms with Crippen molar-refractivity contribution in [2.75, 3.05) is 5.32 Å². The van der Waals surface area contributed by atoms with E-state index in [1.807, 2.05) is 30.3 Å². The summed E-state index contributed by atoms with van der Waals surface area (Å²) in [7, 11) is 0. The summed E-state index contributed by atoms with van der Waals surface area (Å²) >= 11 is 3.25. The molecule has 2 rings (SSSR count). The average molecular weight is 301 g/mol. The maximum atomic E-state index is 11.6. The fourth-order valence-corrected chi connectivity index (χ4v) is 1.63. The minimum atomic E-state index is -0.368. The Balaban J connectivity index is 2.07. The zero-order valence-electron chi connectivity index (χ0n) is 9.35. The van der Waals surface area contributed by atoms with Crippen LogP contribution in [0.5, 0.6) is 0 Å². The first-order chi connectivity index (χ1) is 8.75. The van der Waals surface area contributed by atoms with Gasteiger partial charge >= 0.3 is 5.91 Å².